The van der Waals surface area contributed by atoms with Crippen LogP contribution in [-0.2, 0) is 0 Å². The molecule has 1 fully saturated rings. The molecule has 2 amide bonds. The zero-order chi connectivity index (χ0) is 17.1. The second-order valence-electron chi connectivity index (χ2n) is 5.61. The Kier molecular flexibility index (Phi) is 5.21. The maximum atomic E-state index is 12.5. The fourth-order valence-corrected chi connectivity index (χ4v) is 3.31. The standard InChI is InChI=1S/C18H16BrClN2O2/c19-15-5-1-3-13(11-15)17(23)21-7-9-22(10-8-21)18(24)14-4-2-6-16(20)12-14/h1-6,11-12H,7-10H2. The van der Waals surface area contributed by atoms with Gasteiger partial charge in [0.15, 0.2) is 0 Å². The molecule has 24 heavy (non-hydrogen) atoms. The van der Waals surface area contributed by atoms with Crippen molar-refractivity contribution in [2.24, 2.45) is 0 Å². The van der Waals surface area contributed by atoms with E-state index in [0.29, 0.717) is 42.3 Å². The highest BCUT2D eigenvalue weighted by atomic mass is 79.9. The van der Waals surface area contributed by atoms with E-state index in [2.05, 4.69) is 15.9 Å². The fourth-order valence-electron chi connectivity index (χ4n) is 2.72. The van der Waals surface area contributed by atoms with Gasteiger partial charge in [0.1, 0.15) is 0 Å². The lowest BCUT2D eigenvalue weighted by molar-refractivity contribution is 0.0535. The van der Waals surface area contributed by atoms with Crippen LogP contribution in [0, 0.1) is 0 Å². The number of nitrogens with zero attached hydrogens (tertiary/aromatic N) is 2. The van der Waals surface area contributed by atoms with Crippen LogP contribution in [-0.4, -0.2) is 47.8 Å². The van der Waals surface area contributed by atoms with Crippen LogP contribution < -0.4 is 0 Å². The quantitative estimate of drug-likeness (QED) is 0.761. The lowest BCUT2D eigenvalue weighted by Crippen LogP contribution is -2.50. The molecule has 6 heteroatoms. The summed E-state index contributed by atoms with van der Waals surface area (Å²) in [7, 11) is 0. The Hall–Kier alpha value is -1.85. The Balaban J connectivity index is 1.63. The summed E-state index contributed by atoms with van der Waals surface area (Å²) in [4.78, 5) is 28.6. The summed E-state index contributed by atoms with van der Waals surface area (Å²) in [5, 5.41) is 0.546. The van der Waals surface area contributed by atoms with Gasteiger partial charge in [-0.15, -0.1) is 0 Å². The molecular weight excluding hydrogens is 392 g/mol. The van der Waals surface area contributed by atoms with Crippen LogP contribution in [0.3, 0.4) is 0 Å². The van der Waals surface area contributed by atoms with E-state index in [4.69, 9.17) is 11.6 Å². The molecule has 0 bridgehead atoms. The number of carbonyl (C=O) groups is 2. The number of benzene rings is 2. The predicted octanol–water partition coefficient (Wildman–Crippen LogP) is 3.70. The molecule has 4 nitrogen and oxygen atoms in total. The third-order valence-electron chi connectivity index (χ3n) is 4.00. The smallest absolute Gasteiger partial charge is 0.254 e. The molecule has 2 aromatic carbocycles. The molecule has 0 spiro atoms. The Morgan fingerprint density at radius 2 is 1.33 bits per heavy atom. The van der Waals surface area contributed by atoms with Crippen LogP contribution in [0.2, 0.25) is 5.02 Å². The highest BCUT2D eigenvalue weighted by Crippen LogP contribution is 2.17. The monoisotopic (exact) mass is 406 g/mol. The lowest BCUT2D eigenvalue weighted by atomic mass is 10.1. The topological polar surface area (TPSA) is 40.6 Å². The third kappa shape index (κ3) is 3.79. The summed E-state index contributed by atoms with van der Waals surface area (Å²) < 4.78 is 0.878. The largest absolute Gasteiger partial charge is 0.335 e. The van der Waals surface area contributed by atoms with Crippen molar-refractivity contribution in [3.05, 3.63) is 69.2 Å². The maximum absolute atomic E-state index is 12.5. The zero-order valence-corrected chi connectivity index (χ0v) is 15.3. The first kappa shape index (κ1) is 17.0. The van der Waals surface area contributed by atoms with E-state index in [-0.39, 0.29) is 11.8 Å². The van der Waals surface area contributed by atoms with Crippen molar-refractivity contribution < 1.29 is 9.59 Å². The minimum atomic E-state index is -0.0490. The minimum Gasteiger partial charge on any atom is -0.335 e. The van der Waals surface area contributed by atoms with Gasteiger partial charge in [-0.1, -0.05) is 39.7 Å². The van der Waals surface area contributed by atoms with E-state index in [1.54, 1.807) is 40.1 Å². The van der Waals surface area contributed by atoms with E-state index in [0.717, 1.165) is 4.47 Å². The molecule has 1 saturated heterocycles. The highest BCUT2D eigenvalue weighted by molar-refractivity contribution is 9.10. The first-order chi connectivity index (χ1) is 11.5. The summed E-state index contributed by atoms with van der Waals surface area (Å²) >= 11 is 9.33. The van der Waals surface area contributed by atoms with Crippen molar-refractivity contribution in [3.8, 4) is 0 Å². The number of piperazine rings is 1. The van der Waals surface area contributed by atoms with Gasteiger partial charge in [0, 0.05) is 46.8 Å². The number of carbonyl (C=O) groups excluding carboxylic acids is 2. The van der Waals surface area contributed by atoms with Crippen molar-refractivity contribution in [3.63, 3.8) is 0 Å². The number of hydrogen-bond acceptors (Lipinski definition) is 2. The van der Waals surface area contributed by atoms with Crippen LogP contribution in [0.1, 0.15) is 20.7 Å². The van der Waals surface area contributed by atoms with Crippen LogP contribution in [0.5, 0.6) is 0 Å². The Morgan fingerprint density at radius 1 is 0.833 bits per heavy atom. The minimum absolute atomic E-state index is 0.00819. The summed E-state index contributed by atoms with van der Waals surface area (Å²) in [6, 6.07) is 14.3. The Morgan fingerprint density at radius 3 is 1.83 bits per heavy atom. The first-order valence-electron chi connectivity index (χ1n) is 7.64. The van der Waals surface area contributed by atoms with E-state index in [1.807, 2.05) is 18.2 Å². The van der Waals surface area contributed by atoms with Crippen LogP contribution in [0.15, 0.2) is 53.0 Å². The van der Waals surface area contributed by atoms with Crippen molar-refractivity contribution in [2.45, 2.75) is 0 Å². The Labute approximate surface area is 154 Å². The summed E-state index contributed by atoms with van der Waals surface area (Å²) in [5.41, 5.74) is 1.23. The van der Waals surface area contributed by atoms with Crippen molar-refractivity contribution in [2.75, 3.05) is 26.2 Å². The van der Waals surface area contributed by atoms with Crippen LogP contribution in [0.4, 0.5) is 0 Å². The third-order valence-corrected chi connectivity index (χ3v) is 4.73. The second-order valence-corrected chi connectivity index (χ2v) is 6.96. The normalized spacial score (nSPS) is 14.6. The molecule has 124 valence electrons. The molecule has 1 aliphatic heterocycles. The molecule has 0 saturated carbocycles. The fraction of sp³-hybridized carbons (Fsp3) is 0.222. The molecule has 0 aliphatic carbocycles. The van der Waals surface area contributed by atoms with Gasteiger partial charge in [-0.25, -0.2) is 0 Å². The second kappa shape index (κ2) is 7.36. The van der Waals surface area contributed by atoms with Gasteiger partial charge in [0.25, 0.3) is 11.8 Å². The van der Waals surface area contributed by atoms with Crippen molar-refractivity contribution in [1.82, 2.24) is 9.80 Å². The first-order valence-corrected chi connectivity index (χ1v) is 8.81. The maximum Gasteiger partial charge on any atom is 0.254 e. The molecule has 0 unspecified atom stereocenters. The average molecular weight is 408 g/mol. The highest BCUT2D eigenvalue weighted by Gasteiger charge is 2.25. The molecule has 0 atom stereocenters. The van der Waals surface area contributed by atoms with E-state index in [1.165, 1.54) is 0 Å². The molecule has 2 aromatic rings. The Bertz CT molecular complexity index is 708. The van der Waals surface area contributed by atoms with Gasteiger partial charge < -0.3 is 9.80 Å². The van der Waals surface area contributed by atoms with Gasteiger partial charge in [-0.3, -0.25) is 9.59 Å². The number of halogens is 2. The van der Waals surface area contributed by atoms with Gasteiger partial charge in [0.05, 0.1) is 0 Å². The van der Waals surface area contributed by atoms with E-state index < -0.39 is 0 Å². The summed E-state index contributed by atoms with van der Waals surface area (Å²) in [6.45, 7) is 2.09. The predicted molar refractivity (Wildman–Crippen MR) is 97.4 cm³/mol. The molecule has 3 rings (SSSR count). The molecular formula is C18H16BrClN2O2. The van der Waals surface area contributed by atoms with Crippen molar-refractivity contribution in [1.29, 1.82) is 0 Å². The van der Waals surface area contributed by atoms with Crippen molar-refractivity contribution >= 4 is 39.3 Å². The van der Waals surface area contributed by atoms with Gasteiger partial charge in [0.2, 0.25) is 0 Å². The van der Waals surface area contributed by atoms with Crippen LogP contribution in [0.25, 0.3) is 0 Å². The zero-order valence-electron chi connectivity index (χ0n) is 12.9. The molecule has 1 heterocycles. The van der Waals surface area contributed by atoms with E-state index >= 15 is 0 Å². The van der Waals surface area contributed by atoms with Gasteiger partial charge in [-0.2, -0.15) is 0 Å². The number of rotatable bonds is 2. The summed E-state index contributed by atoms with van der Waals surface area (Å²) in [6.07, 6.45) is 0. The number of hydrogen-bond donors (Lipinski definition) is 0. The summed E-state index contributed by atoms with van der Waals surface area (Å²) in [5.74, 6) is -0.0572. The van der Waals surface area contributed by atoms with E-state index in [9.17, 15) is 9.59 Å². The number of amides is 2. The molecule has 0 N–H and O–H groups in total. The van der Waals surface area contributed by atoms with Crippen LogP contribution >= 0.6 is 27.5 Å². The SMILES string of the molecule is O=C(c1cccc(Cl)c1)N1CCN(C(=O)c2cccc(Br)c2)CC1. The molecule has 0 radical (unpaired) electrons. The molecule has 0 aromatic heterocycles. The van der Waals surface area contributed by atoms with Gasteiger partial charge in [-0.05, 0) is 36.4 Å². The van der Waals surface area contributed by atoms with Gasteiger partial charge >= 0.3 is 0 Å². The molecule has 1 aliphatic rings. The average Bonchev–Trinajstić information content (AvgIpc) is 2.60. The lowest BCUT2D eigenvalue weighted by Gasteiger charge is -2.35.